The molecule has 3 N–H and O–H groups in total. The van der Waals surface area contributed by atoms with Crippen molar-refractivity contribution in [3.63, 3.8) is 0 Å². The number of aliphatic hydroxyl groups is 2. The maximum atomic E-state index is 12.4. The number of hydrogen-bond donors (Lipinski definition) is 3. The molecule has 0 aliphatic heterocycles. The van der Waals surface area contributed by atoms with Crippen LogP contribution in [-0.4, -0.2) is 50.4 Å². The van der Waals surface area contributed by atoms with Gasteiger partial charge >= 0.3 is 0 Å². The standard InChI is InChI=1S/C12H12Cl2N2O6/c13-10(14)11(20)15-12(5-17,6-18)9(19)7-2-1-3-8(4-7)16(21)22/h1-4,10,17-18H,5-6H2,(H,15,20). The van der Waals surface area contributed by atoms with E-state index in [1.807, 2.05) is 0 Å². The summed E-state index contributed by atoms with van der Waals surface area (Å²) in [5.41, 5.74) is -2.61. The fourth-order valence-electron chi connectivity index (χ4n) is 1.66. The van der Waals surface area contributed by atoms with Crippen molar-refractivity contribution >= 4 is 40.6 Å². The molecule has 1 rings (SSSR count). The van der Waals surface area contributed by atoms with E-state index in [1.54, 1.807) is 0 Å². The number of alkyl halides is 2. The predicted molar refractivity (Wildman–Crippen MR) is 78.0 cm³/mol. The molecule has 22 heavy (non-hydrogen) atoms. The molecule has 0 aliphatic carbocycles. The largest absolute Gasteiger partial charge is 0.393 e. The number of non-ortho nitro benzene ring substituents is 1. The van der Waals surface area contributed by atoms with Crippen molar-refractivity contribution in [3.8, 4) is 0 Å². The normalized spacial score (nSPS) is 11.3. The number of Topliss-reactive ketones (excluding diaryl/α,β-unsaturated/α-hetero) is 1. The molecule has 1 aromatic rings. The number of rotatable bonds is 7. The molecule has 0 aromatic heterocycles. The summed E-state index contributed by atoms with van der Waals surface area (Å²) in [4.78, 5) is 32.4. The summed E-state index contributed by atoms with van der Waals surface area (Å²) in [6.45, 7) is -1.89. The number of nitro benzene ring substituents is 1. The van der Waals surface area contributed by atoms with Gasteiger partial charge in [0.1, 0.15) is 5.54 Å². The maximum absolute atomic E-state index is 12.4. The van der Waals surface area contributed by atoms with Crippen LogP contribution in [0.2, 0.25) is 0 Å². The van der Waals surface area contributed by atoms with Crippen molar-refractivity contribution < 1.29 is 24.7 Å². The number of nitrogens with one attached hydrogen (secondary N) is 1. The second kappa shape index (κ2) is 7.50. The zero-order valence-corrected chi connectivity index (χ0v) is 12.5. The molecule has 0 unspecified atom stereocenters. The van der Waals surface area contributed by atoms with Gasteiger partial charge in [-0.25, -0.2) is 0 Å². The van der Waals surface area contributed by atoms with Crippen LogP contribution in [0.1, 0.15) is 10.4 Å². The molecule has 0 aliphatic rings. The lowest BCUT2D eigenvalue weighted by Crippen LogP contribution is -2.60. The van der Waals surface area contributed by atoms with Crippen LogP contribution in [0, 0.1) is 10.1 Å². The van der Waals surface area contributed by atoms with Crippen molar-refractivity contribution in [2.75, 3.05) is 13.2 Å². The minimum atomic E-state index is -2.09. The molecule has 120 valence electrons. The van der Waals surface area contributed by atoms with E-state index in [0.717, 1.165) is 6.07 Å². The van der Waals surface area contributed by atoms with Crippen molar-refractivity contribution in [3.05, 3.63) is 39.9 Å². The highest BCUT2D eigenvalue weighted by Crippen LogP contribution is 2.19. The fraction of sp³-hybridized carbons (Fsp3) is 0.333. The summed E-state index contributed by atoms with van der Waals surface area (Å²) >= 11 is 10.7. The zero-order valence-electron chi connectivity index (χ0n) is 11.0. The first-order valence-electron chi connectivity index (χ1n) is 5.88. The average molecular weight is 351 g/mol. The minimum Gasteiger partial charge on any atom is -0.393 e. The van der Waals surface area contributed by atoms with Crippen LogP contribution < -0.4 is 5.32 Å². The molecular formula is C12H12Cl2N2O6. The molecule has 0 radical (unpaired) electrons. The van der Waals surface area contributed by atoms with Gasteiger partial charge in [0.25, 0.3) is 11.6 Å². The van der Waals surface area contributed by atoms with Crippen LogP contribution in [0.25, 0.3) is 0 Å². The maximum Gasteiger partial charge on any atom is 0.270 e. The molecule has 0 heterocycles. The first-order chi connectivity index (χ1) is 10.3. The fourth-order valence-corrected chi connectivity index (χ4v) is 1.77. The minimum absolute atomic E-state index is 0.168. The van der Waals surface area contributed by atoms with E-state index >= 15 is 0 Å². The first-order valence-corrected chi connectivity index (χ1v) is 6.76. The first kappa shape index (κ1) is 18.3. The van der Waals surface area contributed by atoms with E-state index in [4.69, 9.17) is 23.2 Å². The van der Waals surface area contributed by atoms with Crippen LogP contribution in [0.15, 0.2) is 24.3 Å². The molecule has 8 nitrogen and oxygen atoms in total. The van der Waals surface area contributed by atoms with Crippen molar-refractivity contribution in [1.82, 2.24) is 5.32 Å². The predicted octanol–water partition coefficient (Wildman–Crippen LogP) is 0.421. The number of nitrogens with zero attached hydrogens (tertiary/aromatic N) is 1. The van der Waals surface area contributed by atoms with Gasteiger partial charge in [0.2, 0.25) is 0 Å². The quantitative estimate of drug-likeness (QED) is 0.283. The monoisotopic (exact) mass is 350 g/mol. The van der Waals surface area contributed by atoms with E-state index in [2.05, 4.69) is 5.32 Å². The second-order valence-electron chi connectivity index (χ2n) is 4.32. The Balaban J connectivity index is 3.20. The Kier molecular flexibility index (Phi) is 6.24. The number of carbonyl (C=O) groups is 2. The second-order valence-corrected chi connectivity index (χ2v) is 5.42. The van der Waals surface area contributed by atoms with Crippen LogP contribution >= 0.6 is 23.2 Å². The molecule has 0 saturated carbocycles. The highest BCUT2D eigenvalue weighted by molar-refractivity contribution is 6.53. The van der Waals surface area contributed by atoms with Gasteiger partial charge in [0.05, 0.1) is 18.1 Å². The summed E-state index contributed by atoms with van der Waals surface area (Å²) < 4.78 is 0. The number of benzene rings is 1. The average Bonchev–Trinajstić information content (AvgIpc) is 2.51. The molecule has 1 aromatic carbocycles. The van der Waals surface area contributed by atoms with E-state index in [1.165, 1.54) is 18.2 Å². The van der Waals surface area contributed by atoms with Crippen molar-refractivity contribution in [1.29, 1.82) is 0 Å². The summed E-state index contributed by atoms with van der Waals surface area (Å²) in [6, 6.07) is 4.65. The Bertz CT molecular complexity index is 589. The van der Waals surface area contributed by atoms with Crippen LogP contribution in [-0.2, 0) is 4.79 Å². The summed E-state index contributed by atoms with van der Waals surface area (Å²) in [6.07, 6.45) is 0. The van der Waals surface area contributed by atoms with Crippen molar-refractivity contribution in [2.24, 2.45) is 0 Å². The van der Waals surface area contributed by atoms with E-state index in [0.29, 0.717) is 0 Å². The number of nitro groups is 1. The van der Waals surface area contributed by atoms with Crippen molar-refractivity contribution in [2.45, 2.75) is 10.4 Å². The van der Waals surface area contributed by atoms with E-state index in [-0.39, 0.29) is 11.3 Å². The van der Waals surface area contributed by atoms with Gasteiger partial charge in [-0.3, -0.25) is 19.7 Å². The highest BCUT2D eigenvalue weighted by Gasteiger charge is 2.40. The van der Waals surface area contributed by atoms with E-state index < -0.39 is 40.2 Å². The lowest BCUT2D eigenvalue weighted by molar-refractivity contribution is -0.384. The Morgan fingerprint density at radius 1 is 1.32 bits per heavy atom. The summed E-state index contributed by atoms with van der Waals surface area (Å²) in [5, 5.41) is 31.6. The third-order valence-corrected chi connectivity index (χ3v) is 3.25. The van der Waals surface area contributed by atoms with Gasteiger partial charge in [-0.05, 0) is 0 Å². The molecule has 0 spiro atoms. The molecule has 0 atom stereocenters. The highest BCUT2D eigenvalue weighted by atomic mass is 35.5. The van der Waals surface area contributed by atoms with Gasteiger partial charge < -0.3 is 15.5 Å². The molecule has 0 bridgehead atoms. The van der Waals surface area contributed by atoms with Gasteiger partial charge in [0, 0.05) is 17.7 Å². The Morgan fingerprint density at radius 2 is 1.91 bits per heavy atom. The molecular weight excluding hydrogens is 339 g/mol. The zero-order chi connectivity index (χ0) is 16.9. The number of ketones is 1. The van der Waals surface area contributed by atoms with Gasteiger partial charge in [0.15, 0.2) is 10.6 Å². The number of amides is 1. The van der Waals surface area contributed by atoms with Gasteiger partial charge in [-0.2, -0.15) is 0 Å². The Morgan fingerprint density at radius 3 is 2.36 bits per heavy atom. The molecule has 10 heteroatoms. The third kappa shape index (κ3) is 3.92. The van der Waals surface area contributed by atoms with Crippen LogP contribution in [0.3, 0.4) is 0 Å². The number of halogens is 2. The molecule has 0 saturated heterocycles. The van der Waals surface area contributed by atoms with Gasteiger partial charge in [-0.1, -0.05) is 35.3 Å². The van der Waals surface area contributed by atoms with Crippen LogP contribution in [0.4, 0.5) is 5.69 Å². The lowest BCUT2D eigenvalue weighted by Gasteiger charge is -2.29. The smallest absolute Gasteiger partial charge is 0.270 e. The number of hydrogen-bond acceptors (Lipinski definition) is 6. The molecule has 1 amide bonds. The lowest BCUT2D eigenvalue weighted by atomic mass is 9.90. The van der Waals surface area contributed by atoms with E-state index in [9.17, 15) is 29.9 Å². The SMILES string of the molecule is O=C(NC(CO)(CO)C(=O)c1cccc([N+](=O)[O-])c1)C(Cl)Cl. The number of aliphatic hydroxyl groups excluding tert-OH is 2. The summed E-state index contributed by atoms with van der Waals surface area (Å²) in [7, 11) is 0. The topological polar surface area (TPSA) is 130 Å². The molecule has 0 fully saturated rings. The summed E-state index contributed by atoms with van der Waals surface area (Å²) in [5.74, 6) is -1.91. The Hall–Kier alpha value is -1.74. The Labute approximate surface area is 134 Å². The van der Waals surface area contributed by atoms with Gasteiger partial charge in [-0.15, -0.1) is 0 Å². The van der Waals surface area contributed by atoms with Crippen LogP contribution in [0.5, 0.6) is 0 Å². The number of carbonyl (C=O) groups excluding carboxylic acids is 2. The third-order valence-electron chi connectivity index (χ3n) is 2.85.